The Morgan fingerprint density at radius 2 is 1.76 bits per heavy atom. The first-order valence-electron chi connectivity index (χ1n) is 7.91. The molecule has 0 spiro atoms. The molecule has 0 aromatic heterocycles. The fraction of sp³-hybridized carbons (Fsp3) is 0.263. The molecule has 0 fully saturated rings. The second kappa shape index (κ2) is 8.67. The molecule has 0 heterocycles. The summed E-state index contributed by atoms with van der Waals surface area (Å²) in [5, 5.41) is 5.33. The number of halogens is 1. The lowest BCUT2D eigenvalue weighted by molar-refractivity contribution is -0.117. The number of amides is 2. The van der Waals surface area contributed by atoms with Crippen LogP contribution in [0.25, 0.3) is 0 Å². The molecule has 6 heteroatoms. The van der Waals surface area contributed by atoms with Gasteiger partial charge in [-0.25, -0.2) is 4.79 Å². The molecule has 0 aliphatic carbocycles. The van der Waals surface area contributed by atoms with Crippen LogP contribution in [0.4, 0.5) is 10.5 Å². The molecule has 0 unspecified atom stereocenters. The van der Waals surface area contributed by atoms with Crippen LogP contribution in [0.15, 0.2) is 46.9 Å². The van der Waals surface area contributed by atoms with E-state index in [4.69, 9.17) is 4.74 Å². The third kappa shape index (κ3) is 5.60. The summed E-state index contributed by atoms with van der Waals surface area (Å²) in [6, 6.07) is 12.5. The molecular weight excluding hydrogens is 384 g/mol. The van der Waals surface area contributed by atoms with Gasteiger partial charge in [0.15, 0.2) is 0 Å². The van der Waals surface area contributed by atoms with Crippen LogP contribution in [-0.4, -0.2) is 18.0 Å². The minimum absolute atomic E-state index is 0.156. The molecule has 0 saturated carbocycles. The fourth-order valence-corrected chi connectivity index (χ4v) is 2.68. The van der Waals surface area contributed by atoms with E-state index in [2.05, 4.69) is 26.6 Å². The van der Waals surface area contributed by atoms with Gasteiger partial charge in [-0.15, -0.1) is 0 Å². The Morgan fingerprint density at radius 1 is 1.12 bits per heavy atom. The van der Waals surface area contributed by atoms with Crippen molar-refractivity contribution in [2.45, 2.75) is 33.4 Å². The highest BCUT2D eigenvalue weighted by Crippen LogP contribution is 2.26. The molecule has 0 aliphatic heterocycles. The van der Waals surface area contributed by atoms with Crippen LogP contribution in [0.2, 0.25) is 0 Å². The summed E-state index contributed by atoms with van der Waals surface area (Å²) < 4.78 is 5.91. The number of alkyl carbamates (subject to hydrolysis) is 1. The number of aryl methyl sites for hydroxylation is 2. The number of rotatable bonds is 5. The van der Waals surface area contributed by atoms with Crippen molar-refractivity contribution in [1.29, 1.82) is 0 Å². The van der Waals surface area contributed by atoms with Gasteiger partial charge in [-0.05, 0) is 65.5 Å². The van der Waals surface area contributed by atoms with E-state index in [1.807, 2.05) is 56.3 Å². The molecule has 0 aliphatic rings. The normalized spacial score (nSPS) is 11.5. The lowest BCUT2D eigenvalue weighted by atomic mass is 10.1. The zero-order chi connectivity index (χ0) is 18.4. The molecule has 0 radical (unpaired) electrons. The van der Waals surface area contributed by atoms with E-state index >= 15 is 0 Å². The maximum Gasteiger partial charge on any atom is 0.408 e. The standard InChI is InChI=1S/C19H21BrN2O3/c1-12-9-16(20)17(10-13(12)2)22-18(23)14(3)21-19(24)25-11-15-7-5-4-6-8-15/h4-10,14H,11H2,1-3H3,(H,21,24)(H,22,23)/t14-/m0/s1. The molecule has 132 valence electrons. The fourth-order valence-electron chi connectivity index (χ4n) is 2.12. The Balaban J connectivity index is 1.87. The van der Waals surface area contributed by atoms with Crippen LogP contribution in [0, 0.1) is 13.8 Å². The van der Waals surface area contributed by atoms with Crippen molar-refractivity contribution in [2.24, 2.45) is 0 Å². The third-order valence-corrected chi connectivity index (χ3v) is 4.44. The van der Waals surface area contributed by atoms with Gasteiger partial charge in [-0.3, -0.25) is 4.79 Å². The summed E-state index contributed by atoms with van der Waals surface area (Å²) >= 11 is 3.43. The second-order valence-corrected chi connectivity index (χ2v) is 6.69. The van der Waals surface area contributed by atoms with Crippen LogP contribution in [0.5, 0.6) is 0 Å². The topological polar surface area (TPSA) is 67.4 Å². The first-order chi connectivity index (χ1) is 11.9. The maximum atomic E-state index is 12.3. The highest BCUT2D eigenvalue weighted by Gasteiger charge is 2.17. The Labute approximate surface area is 155 Å². The van der Waals surface area contributed by atoms with Crippen LogP contribution in [0.3, 0.4) is 0 Å². The van der Waals surface area contributed by atoms with E-state index in [1.54, 1.807) is 6.92 Å². The van der Waals surface area contributed by atoms with Gasteiger partial charge in [0.1, 0.15) is 12.6 Å². The van der Waals surface area contributed by atoms with E-state index in [-0.39, 0.29) is 12.5 Å². The smallest absolute Gasteiger partial charge is 0.408 e. The van der Waals surface area contributed by atoms with Crippen LogP contribution in [-0.2, 0) is 16.1 Å². The molecule has 25 heavy (non-hydrogen) atoms. The number of hydrogen-bond donors (Lipinski definition) is 2. The van der Waals surface area contributed by atoms with Gasteiger partial charge in [0.25, 0.3) is 0 Å². The van der Waals surface area contributed by atoms with Gasteiger partial charge in [0.2, 0.25) is 5.91 Å². The van der Waals surface area contributed by atoms with Crippen molar-refractivity contribution in [3.63, 3.8) is 0 Å². The minimum atomic E-state index is -0.725. The molecule has 0 bridgehead atoms. The second-order valence-electron chi connectivity index (χ2n) is 5.83. The largest absolute Gasteiger partial charge is 0.445 e. The minimum Gasteiger partial charge on any atom is -0.445 e. The van der Waals surface area contributed by atoms with Crippen molar-refractivity contribution >= 4 is 33.6 Å². The quantitative estimate of drug-likeness (QED) is 0.779. The van der Waals surface area contributed by atoms with Gasteiger partial charge in [-0.2, -0.15) is 0 Å². The van der Waals surface area contributed by atoms with Crippen molar-refractivity contribution in [3.05, 3.63) is 63.6 Å². The SMILES string of the molecule is Cc1cc(Br)c(NC(=O)[C@H](C)NC(=O)OCc2ccccc2)cc1C. The molecule has 2 N–H and O–H groups in total. The molecule has 2 rings (SSSR count). The lowest BCUT2D eigenvalue weighted by Gasteiger charge is -2.16. The maximum absolute atomic E-state index is 12.3. The number of nitrogens with one attached hydrogen (secondary N) is 2. The highest BCUT2D eigenvalue weighted by molar-refractivity contribution is 9.10. The first kappa shape index (κ1) is 19.0. The highest BCUT2D eigenvalue weighted by atomic mass is 79.9. The van der Waals surface area contributed by atoms with E-state index in [0.29, 0.717) is 5.69 Å². The van der Waals surface area contributed by atoms with Crippen LogP contribution < -0.4 is 10.6 Å². The van der Waals surface area contributed by atoms with Crippen molar-refractivity contribution < 1.29 is 14.3 Å². The van der Waals surface area contributed by atoms with Gasteiger partial charge in [-0.1, -0.05) is 30.3 Å². The summed E-state index contributed by atoms with van der Waals surface area (Å²) in [7, 11) is 0. The summed E-state index contributed by atoms with van der Waals surface area (Å²) in [6.45, 7) is 5.73. The molecule has 1 atom stereocenters. The van der Waals surface area contributed by atoms with E-state index in [9.17, 15) is 9.59 Å². The average molecular weight is 405 g/mol. The lowest BCUT2D eigenvalue weighted by Crippen LogP contribution is -2.41. The van der Waals surface area contributed by atoms with Crippen molar-refractivity contribution in [1.82, 2.24) is 5.32 Å². The van der Waals surface area contributed by atoms with E-state index < -0.39 is 12.1 Å². The Bertz CT molecular complexity index is 763. The van der Waals surface area contributed by atoms with E-state index in [1.165, 1.54) is 0 Å². The number of carbonyl (C=O) groups is 2. The van der Waals surface area contributed by atoms with Crippen LogP contribution >= 0.6 is 15.9 Å². The molecule has 2 aromatic rings. The zero-order valence-corrected chi connectivity index (χ0v) is 16.0. The number of hydrogen-bond acceptors (Lipinski definition) is 3. The number of benzene rings is 2. The number of carbonyl (C=O) groups excluding carboxylic acids is 2. The van der Waals surface area contributed by atoms with Gasteiger partial charge < -0.3 is 15.4 Å². The summed E-state index contributed by atoms with van der Waals surface area (Å²) in [5.74, 6) is -0.319. The summed E-state index contributed by atoms with van der Waals surface area (Å²) in [6.07, 6.45) is -0.634. The Hall–Kier alpha value is -2.34. The number of ether oxygens (including phenoxy) is 1. The van der Waals surface area contributed by atoms with Gasteiger partial charge >= 0.3 is 6.09 Å². The van der Waals surface area contributed by atoms with Gasteiger partial charge in [0, 0.05) is 4.47 Å². The Kier molecular flexibility index (Phi) is 6.58. The van der Waals surface area contributed by atoms with Crippen molar-refractivity contribution in [2.75, 3.05) is 5.32 Å². The third-order valence-electron chi connectivity index (χ3n) is 3.78. The average Bonchev–Trinajstić information content (AvgIpc) is 2.58. The van der Waals surface area contributed by atoms with Crippen LogP contribution in [0.1, 0.15) is 23.6 Å². The molecule has 2 aromatic carbocycles. The van der Waals surface area contributed by atoms with Crippen molar-refractivity contribution in [3.8, 4) is 0 Å². The monoisotopic (exact) mass is 404 g/mol. The van der Waals surface area contributed by atoms with E-state index in [0.717, 1.165) is 21.2 Å². The zero-order valence-electron chi connectivity index (χ0n) is 14.4. The predicted molar refractivity (Wildman–Crippen MR) is 101 cm³/mol. The molecule has 5 nitrogen and oxygen atoms in total. The molecule has 2 amide bonds. The molecule has 0 saturated heterocycles. The first-order valence-corrected chi connectivity index (χ1v) is 8.71. The molecular formula is C19H21BrN2O3. The van der Waals surface area contributed by atoms with Gasteiger partial charge in [0.05, 0.1) is 5.69 Å². The Morgan fingerprint density at radius 3 is 2.44 bits per heavy atom. The summed E-state index contributed by atoms with van der Waals surface area (Å²) in [5.41, 5.74) is 3.75. The number of anilines is 1. The predicted octanol–water partition coefficient (Wildman–Crippen LogP) is 4.32. The summed E-state index contributed by atoms with van der Waals surface area (Å²) in [4.78, 5) is 24.1.